The van der Waals surface area contributed by atoms with E-state index in [1.165, 1.54) is 30.6 Å². The number of hydrogen-bond donors (Lipinski definition) is 1. The van der Waals surface area contributed by atoms with Crippen LogP contribution >= 0.6 is 0 Å². The number of anilines is 1. The van der Waals surface area contributed by atoms with Crippen LogP contribution in [0, 0.1) is 0 Å². The summed E-state index contributed by atoms with van der Waals surface area (Å²) < 4.78 is 5.39. The van der Waals surface area contributed by atoms with Gasteiger partial charge in [-0.25, -0.2) is 0 Å². The molecule has 0 bridgehead atoms. The Bertz CT molecular complexity index is 428. The summed E-state index contributed by atoms with van der Waals surface area (Å²) in [5.74, 6) is 0. The molecule has 1 unspecified atom stereocenters. The summed E-state index contributed by atoms with van der Waals surface area (Å²) in [4.78, 5) is 4.87. The lowest BCUT2D eigenvalue weighted by Gasteiger charge is -2.31. The van der Waals surface area contributed by atoms with Crippen LogP contribution in [0.1, 0.15) is 18.4 Å². The van der Waals surface area contributed by atoms with Crippen molar-refractivity contribution in [3.63, 3.8) is 0 Å². The number of rotatable bonds is 4. The molecule has 2 aliphatic rings. The van der Waals surface area contributed by atoms with Gasteiger partial charge < -0.3 is 15.0 Å². The van der Waals surface area contributed by atoms with E-state index in [4.69, 9.17) is 4.74 Å². The number of likely N-dealkylation sites (N-methyl/N-ethyl adjacent to an activating group) is 1. The zero-order chi connectivity index (χ0) is 14.5. The molecular formula is C17H27N3O. The highest BCUT2D eigenvalue weighted by Gasteiger charge is 2.16. The standard InChI is InChI=1S/C17H27N3O/c1-19-8-2-3-17(14-19)18-16-6-4-15(5-7-16)13-20-9-11-21-12-10-20/h4-7,17-18H,2-3,8-14H2,1H3. The van der Waals surface area contributed by atoms with Gasteiger partial charge in [0, 0.05) is 37.9 Å². The normalized spacial score (nSPS) is 24.9. The van der Waals surface area contributed by atoms with E-state index in [9.17, 15) is 0 Å². The number of benzene rings is 1. The van der Waals surface area contributed by atoms with Gasteiger partial charge in [0.2, 0.25) is 0 Å². The highest BCUT2D eigenvalue weighted by atomic mass is 16.5. The van der Waals surface area contributed by atoms with Crippen molar-refractivity contribution in [2.24, 2.45) is 0 Å². The quantitative estimate of drug-likeness (QED) is 0.918. The lowest BCUT2D eigenvalue weighted by molar-refractivity contribution is 0.0342. The van der Waals surface area contributed by atoms with Crippen LogP contribution in [0.4, 0.5) is 5.69 Å². The molecule has 2 fully saturated rings. The van der Waals surface area contributed by atoms with E-state index in [2.05, 4.69) is 46.4 Å². The van der Waals surface area contributed by atoms with E-state index in [-0.39, 0.29) is 0 Å². The summed E-state index contributed by atoms with van der Waals surface area (Å²) in [5.41, 5.74) is 2.64. The second-order valence-electron chi connectivity index (χ2n) is 6.33. The lowest BCUT2D eigenvalue weighted by atomic mass is 10.1. The van der Waals surface area contributed by atoms with E-state index in [1.807, 2.05) is 0 Å². The Hall–Kier alpha value is -1.10. The zero-order valence-corrected chi connectivity index (χ0v) is 13.1. The highest BCUT2D eigenvalue weighted by Crippen LogP contribution is 2.17. The Kier molecular flexibility index (Phi) is 5.12. The van der Waals surface area contributed by atoms with Gasteiger partial charge >= 0.3 is 0 Å². The van der Waals surface area contributed by atoms with E-state index in [1.54, 1.807) is 0 Å². The van der Waals surface area contributed by atoms with Gasteiger partial charge in [-0.05, 0) is 44.1 Å². The Morgan fingerprint density at radius 1 is 1.14 bits per heavy atom. The third kappa shape index (κ3) is 4.43. The summed E-state index contributed by atoms with van der Waals surface area (Å²) >= 11 is 0. The number of nitrogens with one attached hydrogen (secondary N) is 1. The topological polar surface area (TPSA) is 27.7 Å². The highest BCUT2D eigenvalue weighted by molar-refractivity contribution is 5.45. The van der Waals surface area contributed by atoms with Gasteiger partial charge in [-0.3, -0.25) is 4.90 Å². The molecule has 0 aliphatic carbocycles. The maximum Gasteiger partial charge on any atom is 0.0594 e. The van der Waals surface area contributed by atoms with E-state index in [0.717, 1.165) is 39.4 Å². The Balaban J connectivity index is 1.51. The molecule has 0 radical (unpaired) electrons. The molecule has 2 aliphatic heterocycles. The number of ether oxygens (including phenoxy) is 1. The maximum absolute atomic E-state index is 5.39. The van der Waals surface area contributed by atoms with Crippen molar-refractivity contribution in [3.05, 3.63) is 29.8 Å². The van der Waals surface area contributed by atoms with Gasteiger partial charge in [-0.2, -0.15) is 0 Å². The second-order valence-corrected chi connectivity index (χ2v) is 6.33. The first kappa shape index (κ1) is 14.8. The van der Waals surface area contributed by atoms with Crippen molar-refractivity contribution in [1.82, 2.24) is 9.80 Å². The molecule has 1 aromatic rings. The zero-order valence-electron chi connectivity index (χ0n) is 13.1. The molecule has 0 aromatic heterocycles. The van der Waals surface area contributed by atoms with Crippen molar-refractivity contribution in [1.29, 1.82) is 0 Å². The molecule has 0 amide bonds. The van der Waals surface area contributed by atoms with Crippen molar-refractivity contribution in [2.45, 2.75) is 25.4 Å². The fourth-order valence-electron chi connectivity index (χ4n) is 3.24. The third-order valence-electron chi connectivity index (χ3n) is 4.46. The average molecular weight is 289 g/mol. The molecule has 21 heavy (non-hydrogen) atoms. The molecule has 4 nitrogen and oxygen atoms in total. The maximum atomic E-state index is 5.39. The summed E-state index contributed by atoms with van der Waals surface area (Å²) in [6.45, 7) is 7.26. The Labute approximate surface area is 128 Å². The summed E-state index contributed by atoms with van der Waals surface area (Å²) in [6.07, 6.45) is 2.57. The van der Waals surface area contributed by atoms with Crippen LogP contribution in [0.5, 0.6) is 0 Å². The molecule has 1 N–H and O–H groups in total. The monoisotopic (exact) mass is 289 g/mol. The van der Waals surface area contributed by atoms with E-state index in [0.29, 0.717) is 6.04 Å². The molecule has 2 heterocycles. The third-order valence-corrected chi connectivity index (χ3v) is 4.46. The SMILES string of the molecule is CN1CCCC(Nc2ccc(CN3CCOCC3)cc2)C1. The number of nitrogens with zero attached hydrogens (tertiary/aromatic N) is 2. The molecule has 2 saturated heterocycles. The molecule has 3 rings (SSSR count). The minimum Gasteiger partial charge on any atom is -0.381 e. The van der Waals surface area contributed by atoms with Gasteiger partial charge in [0.15, 0.2) is 0 Å². The van der Waals surface area contributed by atoms with Crippen molar-refractivity contribution < 1.29 is 4.74 Å². The first-order chi connectivity index (χ1) is 10.3. The van der Waals surface area contributed by atoms with Crippen LogP contribution in [0.3, 0.4) is 0 Å². The molecule has 116 valence electrons. The van der Waals surface area contributed by atoms with Gasteiger partial charge in [0.25, 0.3) is 0 Å². The van der Waals surface area contributed by atoms with Gasteiger partial charge in [0.05, 0.1) is 13.2 Å². The van der Waals surface area contributed by atoms with Crippen LogP contribution in [0.15, 0.2) is 24.3 Å². The minimum absolute atomic E-state index is 0.592. The van der Waals surface area contributed by atoms with Gasteiger partial charge in [-0.1, -0.05) is 12.1 Å². The van der Waals surface area contributed by atoms with E-state index >= 15 is 0 Å². The molecular weight excluding hydrogens is 262 g/mol. The van der Waals surface area contributed by atoms with Crippen molar-refractivity contribution >= 4 is 5.69 Å². The number of likely N-dealkylation sites (tertiary alicyclic amines) is 1. The van der Waals surface area contributed by atoms with Gasteiger partial charge in [0.1, 0.15) is 0 Å². The molecule has 0 spiro atoms. The molecule has 1 atom stereocenters. The smallest absolute Gasteiger partial charge is 0.0594 e. The first-order valence-corrected chi connectivity index (χ1v) is 8.14. The van der Waals surface area contributed by atoms with Crippen molar-refractivity contribution in [3.8, 4) is 0 Å². The fraction of sp³-hybridized carbons (Fsp3) is 0.647. The van der Waals surface area contributed by atoms with E-state index < -0.39 is 0 Å². The number of hydrogen-bond acceptors (Lipinski definition) is 4. The lowest BCUT2D eigenvalue weighted by Crippen LogP contribution is -2.39. The predicted octanol–water partition coefficient (Wildman–Crippen LogP) is 2.02. The molecule has 1 aromatic carbocycles. The van der Waals surface area contributed by atoms with Crippen LogP contribution in [-0.2, 0) is 11.3 Å². The van der Waals surface area contributed by atoms with Crippen LogP contribution in [0.2, 0.25) is 0 Å². The summed E-state index contributed by atoms with van der Waals surface area (Å²) in [6, 6.07) is 9.55. The van der Waals surface area contributed by atoms with Crippen LogP contribution in [-0.4, -0.2) is 62.3 Å². The average Bonchev–Trinajstić information content (AvgIpc) is 2.50. The Morgan fingerprint density at radius 3 is 2.62 bits per heavy atom. The van der Waals surface area contributed by atoms with Crippen molar-refractivity contribution in [2.75, 3.05) is 51.8 Å². The second kappa shape index (κ2) is 7.25. The fourth-order valence-corrected chi connectivity index (χ4v) is 3.24. The number of piperidine rings is 1. The van der Waals surface area contributed by atoms with Crippen LogP contribution in [0.25, 0.3) is 0 Å². The largest absolute Gasteiger partial charge is 0.381 e. The number of morpholine rings is 1. The first-order valence-electron chi connectivity index (χ1n) is 8.14. The van der Waals surface area contributed by atoms with Crippen LogP contribution < -0.4 is 5.32 Å². The molecule has 4 heteroatoms. The minimum atomic E-state index is 0.592. The molecule has 0 saturated carbocycles. The summed E-state index contributed by atoms with van der Waals surface area (Å²) in [5, 5.41) is 3.67. The predicted molar refractivity (Wildman–Crippen MR) is 86.7 cm³/mol. The van der Waals surface area contributed by atoms with Gasteiger partial charge in [-0.15, -0.1) is 0 Å². The summed E-state index contributed by atoms with van der Waals surface area (Å²) in [7, 11) is 2.21. The Morgan fingerprint density at radius 2 is 1.90 bits per heavy atom.